The van der Waals surface area contributed by atoms with Crippen LogP contribution in [0.4, 0.5) is 27.6 Å². The number of carbonyl (C=O) groups is 1. The summed E-state index contributed by atoms with van der Waals surface area (Å²) >= 11 is 4.24. The number of nitrogens with two attached hydrogens (primary N) is 1. The fourth-order valence-corrected chi connectivity index (χ4v) is 0.992. The fourth-order valence-electron chi connectivity index (χ4n) is 0.890. The van der Waals surface area contributed by atoms with Gasteiger partial charge in [-0.25, -0.2) is 22.0 Å². The summed E-state index contributed by atoms with van der Waals surface area (Å²) in [4.78, 5) is 9.59. The number of hydrogen-bond acceptors (Lipinski definition) is 2. The number of halogens is 5. The number of nitrogens with one attached hydrogen (secondary N) is 1. The van der Waals surface area contributed by atoms with E-state index in [1.807, 2.05) is 0 Å². The van der Waals surface area contributed by atoms with Crippen molar-refractivity contribution in [1.82, 2.24) is 0 Å². The maximum absolute atomic E-state index is 13.0. The third-order valence-corrected chi connectivity index (χ3v) is 1.98. The van der Waals surface area contributed by atoms with Gasteiger partial charge in [0.05, 0.1) is 0 Å². The van der Waals surface area contributed by atoms with E-state index in [1.54, 1.807) is 5.32 Å². The summed E-state index contributed by atoms with van der Waals surface area (Å²) < 4.78 is 64.1. The van der Waals surface area contributed by atoms with Crippen molar-refractivity contribution in [2.24, 2.45) is 5.73 Å². The van der Waals surface area contributed by atoms with E-state index < -0.39 is 45.7 Å². The Labute approximate surface area is 96.4 Å². The molecule has 0 aliphatic heterocycles. The second kappa shape index (κ2) is 4.62. The second-order valence-electron chi connectivity index (χ2n) is 2.76. The Balaban J connectivity index is 3.35. The van der Waals surface area contributed by atoms with Gasteiger partial charge in [0.1, 0.15) is 5.69 Å². The third-order valence-electron chi connectivity index (χ3n) is 1.67. The first kappa shape index (κ1) is 13.3. The number of rotatable bonds is 1. The van der Waals surface area contributed by atoms with Crippen LogP contribution in [0.5, 0.6) is 0 Å². The molecular formula is C8H3F5N2OS. The highest BCUT2D eigenvalue weighted by Crippen LogP contribution is 2.26. The van der Waals surface area contributed by atoms with E-state index >= 15 is 0 Å². The van der Waals surface area contributed by atoms with Gasteiger partial charge in [0.15, 0.2) is 28.3 Å². The van der Waals surface area contributed by atoms with E-state index in [4.69, 9.17) is 0 Å². The number of anilines is 1. The number of hydrogen-bond donors (Lipinski definition) is 2. The molecular weight excluding hydrogens is 267 g/mol. The molecule has 0 saturated carbocycles. The van der Waals surface area contributed by atoms with Crippen molar-refractivity contribution >= 4 is 28.8 Å². The Bertz CT molecular complexity index is 490. The number of thiocarbonyl (C=S) groups is 1. The first-order valence-corrected chi connectivity index (χ1v) is 4.30. The summed E-state index contributed by atoms with van der Waals surface area (Å²) in [6, 6.07) is 0. The molecule has 17 heavy (non-hydrogen) atoms. The van der Waals surface area contributed by atoms with Gasteiger partial charge in [-0.1, -0.05) is 12.2 Å². The molecule has 0 aromatic heterocycles. The van der Waals surface area contributed by atoms with Crippen LogP contribution in [-0.4, -0.2) is 10.9 Å². The van der Waals surface area contributed by atoms with E-state index in [1.165, 1.54) is 0 Å². The van der Waals surface area contributed by atoms with Crippen molar-refractivity contribution in [3.8, 4) is 0 Å². The zero-order valence-electron chi connectivity index (χ0n) is 7.78. The topological polar surface area (TPSA) is 55.1 Å². The highest BCUT2D eigenvalue weighted by atomic mass is 32.1. The van der Waals surface area contributed by atoms with Crippen LogP contribution >= 0.6 is 12.2 Å². The van der Waals surface area contributed by atoms with Crippen LogP contribution in [0.3, 0.4) is 0 Å². The van der Waals surface area contributed by atoms with Gasteiger partial charge in [-0.2, -0.15) is 0 Å². The molecule has 0 aliphatic carbocycles. The van der Waals surface area contributed by atoms with Crippen molar-refractivity contribution in [2.45, 2.75) is 0 Å². The van der Waals surface area contributed by atoms with Crippen molar-refractivity contribution in [2.75, 3.05) is 5.32 Å². The fraction of sp³-hybridized carbons (Fsp3) is 0. The van der Waals surface area contributed by atoms with Crippen molar-refractivity contribution in [3.05, 3.63) is 29.1 Å². The summed E-state index contributed by atoms with van der Waals surface area (Å²) in [6.07, 6.45) is 0. The Morgan fingerprint density at radius 2 is 1.29 bits per heavy atom. The molecule has 0 fully saturated rings. The molecule has 0 aliphatic rings. The summed E-state index contributed by atoms with van der Waals surface area (Å²) in [7, 11) is 0. The number of amides is 1. The van der Waals surface area contributed by atoms with Crippen LogP contribution in [0.1, 0.15) is 0 Å². The lowest BCUT2D eigenvalue weighted by Crippen LogP contribution is -2.29. The molecule has 3 nitrogen and oxygen atoms in total. The van der Waals surface area contributed by atoms with Gasteiger partial charge in [-0.3, -0.25) is 4.79 Å². The highest BCUT2D eigenvalue weighted by Gasteiger charge is 2.26. The third kappa shape index (κ3) is 2.33. The molecule has 1 rings (SSSR count). The first-order valence-electron chi connectivity index (χ1n) is 3.89. The minimum Gasteiger partial charge on any atom is -0.364 e. The quantitative estimate of drug-likeness (QED) is 0.353. The molecule has 0 radical (unpaired) electrons. The maximum Gasteiger partial charge on any atom is 0.276 e. The molecule has 1 aromatic carbocycles. The van der Waals surface area contributed by atoms with E-state index in [2.05, 4.69) is 18.0 Å². The van der Waals surface area contributed by atoms with Gasteiger partial charge in [0.25, 0.3) is 5.91 Å². The van der Waals surface area contributed by atoms with Crippen LogP contribution in [-0.2, 0) is 4.79 Å². The smallest absolute Gasteiger partial charge is 0.276 e. The molecule has 0 heterocycles. The molecule has 0 unspecified atom stereocenters. The Kier molecular flexibility index (Phi) is 3.61. The molecule has 9 heteroatoms. The van der Waals surface area contributed by atoms with Crippen molar-refractivity contribution < 1.29 is 26.7 Å². The van der Waals surface area contributed by atoms with Gasteiger partial charge in [-0.05, 0) is 0 Å². The van der Waals surface area contributed by atoms with E-state index in [0.717, 1.165) is 0 Å². The van der Waals surface area contributed by atoms with Gasteiger partial charge < -0.3 is 11.1 Å². The summed E-state index contributed by atoms with van der Waals surface area (Å²) in [5, 5.41) is 1.55. The van der Waals surface area contributed by atoms with Crippen LogP contribution in [0.15, 0.2) is 0 Å². The van der Waals surface area contributed by atoms with Crippen molar-refractivity contribution in [1.29, 1.82) is 0 Å². The summed E-state index contributed by atoms with van der Waals surface area (Å²) in [6.45, 7) is 0. The first-order chi connectivity index (χ1) is 7.77. The van der Waals surface area contributed by atoms with E-state index in [-0.39, 0.29) is 0 Å². The molecule has 0 bridgehead atoms. The molecule has 0 spiro atoms. The van der Waals surface area contributed by atoms with Gasteiger partial charge >= 0.3 is 0 Å². The number of primary amides is 1. The lowest BCUT2D eigenvalue weighted by Gasteiger charge is -2.09. The Morgan fingerprint density at radius 1 is 0.941 bits per heavy atom. The number of carbonyl (C=O) groups excluding carboxylic acids is 1. The zero-order chi connectivity index (χ0) is 13.3. The largest absolute Gasteiger partial charge is 0.364 e. The lowest BCUT2D eigenvalue weighted by molar-refractivity contribution is -0.111. The summed E-state index contributed by atoms with van der Waals surface area (Å²) in [5.74, 6) is -12.2. The maximum atomic E-state index is 13.0. The number of benzene rings is 1. The minimum atomic E-state index is -2.31. The van der Waals surface area contributed by atoms with Crippen molar-refractivity contribution in [3.63, 3.8) is 0 Å². The lowest BCUT2D eigenvalue weighted by atomic mass is 10.2. The SMILES string of the molecule is NC(=O)C(=S)Nc1c(F)c(F)c(F)c(F)c1F. The average Bonchev–Trinajstić information content (AvgIpc) is 2.29. The molecule has 1 aromatic rings. The monoisotopic (exact) mass is 270 g/mol. The zero-order valence-corrected chi connectivity index (χ0v) is 8.60. The molecule has 1 amide bonds. The summed E-state index contributed by atoms with van der Waals surface area (Å²) in [5.41, 5.74) is 3.22. The second-order valence-corrected chi connectivity index (χ2v) is 3.17. The van der Waals surface area contributed by atoms with Crippen LogP contribution in [0.25, 0.3) is 0 Å². The molecule has 92 valence electrons. The molecule has 0 saturated heterocycles. The minimum absolute atomic E-state index is 0.881. The van der Waals surface area contributed by atoms with Crippen LogP contribution in [0, 0.1) is 29.1 Å². The highest BCUT2D eigenvalue weighted by molar-refractivity contribution is 7.82. The Morgan fingerprint density at radius 3 is 1.65 bits per heavy atom. The van der Waals surface area contributed by atoms with E-state index in [0.29, 0.717) is 0 Å². The molecule has 0 atom stereocenters. The Hall–Kier alpha value is -1.77. The predicted molar refractivity (Wildman–Crippen MR) is 51.6 cm³/mol. The normalized spacial score (nSPS) is 10.2. The van der Waals surface area contributed by atoms with Crippen LogP contribution in [0.2, 0.25) is 0 Å². The predicted octanol–water partition coefficient (Wildman–Crippen LogP) is 1.61. The average molecular weight is 270 g/mol. The standard InChI is InChI=1S/C8H3F5N2OS/c9-1-2(10)4(12)6(5(13)3(1)11)15-8(17)7(14)16/h(H2,14,16)(H,15,17). The van der Waals surface area contributed by atoms with Gasteiger partial charge in [-0.15, -0.1) is 0 Å². The van der Waals surface area contributed by atoms with Gasteiger partial charge in [0, 0.05) is 0 Å². The van der Waals surface area contributed by atoms with E-state index in [9.17, 15) is 26.7 Å². The van der Waals surface area contributed by atoms with Gasteiger partial charge in [0.2, 0.25) is 5.82 Å². The molecule has 3 N–H and O–H groups in total. The van der Waals surface area contributed by atoms with Crippen LogP contribution < -0.4 is 11.1 Å².